The first-order valence-corrected chi connectivity index (χ1v) is 11.5. The summed E-state index contributed by atoms with van der Waals surface area (Å²) in [5.41, 5.74) is 2.31. The molecule has 0 radical (unpaired) electrons. The van der Waals surface area contributed by atoms with Crippen molar-refractivity contribution >= 4 is 33.7 Å². The van der Waals surface area contributed by atoms with Gasteiger partial charge in [-0.25, -0.2) is 9.37 Å². The molecule has 5 rings (SSSR count). The molecule has 0 amide bonds. The number of aliphatic hydroxyl groups is 1. The average molecular weight is 445 g/mol. The number of aliphatic hydroxyl groups excluding tert-OH is 1. The van der Waals surface area contributed by atoms with Gasteiger partial charge in [-0.3, -0.25) is 0 Å². The van der Waals surface area contributed by atoms with Gasteiger partial charge < -0.3 is 19.6 Å². The Morgan fingerprint density at radius 1 is 1.19 bits per heavy atom. The van der Waals surface area contributed by atoms with Gasteiger partial charge in [0.05, 0.1) is 18.9 Å². The van der Waals surface area contributed by atoms with Gasteiger partial charge in [0.15, 0.2) is 5.82 Å². The van der Waals surface area contributed by atoms with Crippen LogP contribution in [0.2, 0.25) is 0 Å². The molecular formula is C21H25FN6O2S. The maximum absolute atomic E-state index is 12.8. The highest BCUT2D eigenvalue weighted by Gasteiger charge is 2.30. The highest BCUT2D eigenvalue weighted by Crippen LogP contribution is 2.35. The average Bonchev–Trinajstić information content (AvgIpc) is 3.33. The van der Waals surface area contributed by atoms with Crippen LogP contribution in [0.4, 0.5) is 15.9 Å². The number of halogens is 1. The Kier molecular flexibility index (Phi) is 5.93. The summed E-state index contributed by atoms with van der Waals surface area (Å²) in [5, 5.41) is 26.7. The number of hydrogen-bond acceptors (Lipinski definition) is 9. The number of aromatic nitrogens is 4. The predicted molar refractivity (Wildman–Crippen MR) is 117 cm³/mol. The number of benzene rings is 1. The number of piperidine rings is 1. The largest absolute Gasteiger partial charge is 0.386 e. The first-order valence-electron chi connectivity index (χ1n) is 10.6. The minimum Gasteiger partial charge on any atom is -0.386 e. The zero-order valence-corrected chi connectivity index (χ0v) is 18.0. The first kappa shape index (κ1) is 20.5. The van der Waals surface area contributed by atoms with Crippen molar-refractivity contribution in [3.05, 3.63) is 34.3 Å². The fourth-order valence-corrected chi connectivity index (χ4v) is 5.27. The lowest BCUT2D eigenvalue weighted by molar-refractivity contribution is 0.0975. The Morgan fingerprint density at radius 2 is 2.06 bits per heavy atom. The number of morpholine rings is 1. The molecule has 0 bridgehead atoms. The molecule has 2 aliphatic rings. The van der Waals surface area contributed by atoms with Crippen LogP contribution in [0.5, 0.6) is 0 Å². The van der Waals surface area contributed by atoms with Gasteiger partial charge in [0, 0.05) is 48.6 Å². The van der Waals surface area contributed by atoms with Gasteiger partial charge in [-0.05, 0) is 36.3 Å². The molecule has 0 aliphatic carbocycles. The Morgan fingerprint density at radius 3 is 2.87 bits per heavy atom. The monoisotopic (exact) mass is 444 g/mol. The smallest absolute Gasteiger partial charge is 0.162 e. The molecule has 31 heavy (non-hydrogen) atoms. The molecule has 10 heteroatoms. The van der Waals surface area contributed by atoms with E-state index in [1.54, 1.807) is 5.38 Å². The van der Waals surface area contributed by atoms with Gasteiger partial charge >= 0.3 is 0 Å². The number of thiazole rings is 1. The van der Waals surface area contributed by atoms with Gasteiger partial charge in [0.1, 0.15) is 23.3 Å². The van der Waals surface area contributed by atoms with Crippen LogP contribution in [0.1, 0.15) is 29.6 Å². The Balaban J connectivity index is 1.38. The summed E-state index contributed by atoms with van der Waals surface area (Å²) in [7, 11) is 0. The lowest BCUT2D eigenvalue weighted by Crippen LogP contribution is -2.38. The van der Waals surface area contributed by atoms with E-state index in [2.05, 4.69) is 48.4 Å². The number of anilines is 2. The van der Waals surface area contributed by atoms with Gasteiger partial charge in [0.2, 0.25) is 0 Å². The van der Waals surface area contributed by atoms with Crippen molar-refractivity contribution in [1.29, 1.82) is 0 Å². The van der Waals surface area contributed by atoms with Crippen molar-refractivity contribution < 1.29 is 14.2 Å². The van der Waals surface area contributed by atoms with E-state index in [0.29, 0.717) is 17.2 Å². The zero-order chi connectivity index (χ0) is 21.2. The number of nitrogens with zero attached hydrogens (tertiary/aromatic N) is 6. The summed E-state index contributed by atoms with van der Waals surface area (Å²) in [6.07, 6.45) is 1.11. The zero-order valence-electron chi connectivity index (χ0n) is 17.2. The standard InChI is InChI=1S/C21H25FN6O2S/c22-11-15-13-31-21(23-15)19(29)14-2-1-5-28(12-14)20-17-4-3-16(10-18(17)24-26-25-20)27-6-8-30-9-7-27/h3-4,10,13-14,19,29H,1-2,5-9,11-12H2/t14-,19-/m0/s1. The summed E-state index contributed by atoms with van der Waals surface area (Å²) in [5.74, 6) is 0.795. The quantitative estimate of drug-likeness (QED) is 0.643. The van der Waals surface area contributed by atoms with Gasteiger partial charge in [-0.1, -0.05) is 0 Å². The minimum atomic E-state index is -0.706. The van der Waals surface area contributed by atoms with Crippen LogP contribution < -0.4 is 9.80 Å². The van der Waals surface area contributed by atoms with E-state index in [0.717, 1.165) is 68.1 Å². The van der Waals surface area contributed by atoms with E-state index in [-0.39, 0.29) is 5.92 Å². The summed E-state index contributed by atoms with van der Waals surface area (Å²) >= 11 is 1.32. The van der Waals surface area contributed by atoms with Crippen molar-refractivity contribution in [3.8, 4) is 0 Å². The van der Waals surface area contributed by atoms with Gasteiger partial charge in [-0.15, -0.1) is 21.5 Å². The normalized spacial score (nSPS) is 20.9. The lowest BCUT2D eigenvalue weighted by atomic mass is 9.92. The van der Waals surface area contributed by atoms with Crippen molar-refractivity contribution in [1.82, 2.24) is 20.4 Å². The third-order valence-electron chi connectivity index (χ3n) is 6.05. The van der Waals surface area contributed by atoms with Crippen LogP contribution in [0.15, 0.2) is 23.6 Å². The van der Waals surface area contributed by atoms with E-state index >= 15 is 0 Å². The Bertz CT molecular complexity index is 1040. The fourth-order valence-electron chi connectivity index (χ4n) is 4.39. The molecule has 1 N–H and O–H groups in total. The second-order valence-electron chi connectivity index (χ2n) is 8.02. The molecule has 0 spiro atoms. The molecule has 3 aromatic rings. The van der Waals surface area contributed by atoms with E-state index in [1.165, 1.54) is 11.3 Å². The number of fused-ring (bicyclic) bond motifs is 1. The number of rotatable bonds is 5. The molecule has 2 atom stereocenters. The SMILES string of the molecule is O[C@H](c1nc(CF)cs1)[C@H]1CCCN(c2nnnc3cc(N4CCOCC4)ccc23)C1. The molecule has 1 aromatic carbocycles. The highest BCUT2D eigenvalue weighted by atomic mass is 32.1. The summed E-state index contributed by atoms with van der Waals surface area (Å²) in [4.78, 5) is 8.69. The molecule has 8 nitrogen and oxygen atoms in total. The molecule has 4 heterocycles. The predicted octanol–water partition coefficient (Wildman–Crippen LogP) is 2.74. The van der Waals surface area contributed by atoms with Crippen LogP contribution in [-0.2, 0) is 11.4 Å². The van der Waals surface area contributed by atoms with Crippen molar-refractivity contribution in [3.63, 3.8) is 0 Å². The topological polar surface area (TPSA) is 87.5 Å². The molecular weight excluding hydrogens is 419 g/mol. The third kappa shape index (κ3) is 4.19. The van der Waals surface area contributed by atoms with E-state index < -0.39 is 12.8 Å². The van der Waals surface area contributed by atoms with E-state index in [1.807, 2.05) is 0 Å². The maximum atomic E-state index is 12.8. The van der Waals surface area contributed by atoms with Crippen LogP contribution in [0.3, 0.4) is 0 Å². The minimum absolute atomic E-state index is 0.00463. The van der Waals surface area contributed by atoms with Gasteiger partial charge in [-0.2, -0.15) is 0 Å². The summed E-state index contributed by atoms with van der Waals surface area (Å²) in [6.45, 7) is 4.07. The molecule has 2 saturated heterocycles. The number of hydrogen-bond donors (Lipinski definition) is 1. The van der Waals surface area contributed by atoms with Gasteiger partial charge in [0.25, 0.3) is 0 Å². The molecule has 2 aliphatic heterocycles. The number of alkyl halides is 1. The van der Waals surface area contributed by atoms with Crippen LogP contribution in [0, 0.1) is 5.92 Å². The first-order chi connectivity index (χ1) is 15.2. The van der Waals surface area contributed by atoms with Crippen LogP contribution in [0.25, 0.3) is 10.9 Å². The second kappa shape index (κ2) is 8.97. The lowest BCUT2D eigenvalue weighted by Gasteiger charge is -2.35. The number of ether oxygens (including phenoxy) is 1. The van der Waals surface area contributed by atoms with E-state index in [4.69, 9.17) is 4.74 Å². The molecule has 2 fully saturated rings. The highest BCUT2D eigenvalue weighted by molar-refractivity contribution is 7.09. The third-order valence-corrected chi connectivity index (χ3v) is 7.02. The molecule has 0 saturated carbocycles. The molecule has 164 valence electrons. The Hall–Kier alpha value is -2.43. The molecule has 2 aromatic heterocycles. The van der Waals surface area contributed by atoms with E-state index in [9.17, 15) is 9.50 Å². The van der Waals surface area contributed by atoms with Crippen molar-refractivity contribution in [2.24, 2.45) is 5.92 Å². The van der Waals surface area contributed by atoms with Crippen molar-refractivity contribution in [2.45, 2.75) is 25.6 Å². The fraction of sp³-hybridized carbons (Fsp3) is 0.524. The van der Waals surface area contributed by atoms with Crippen molar-refractivity contribution in [2.75, 3.05) is 49.2 Å². The Labute approximate surface area is 183 Å². The van der Waals surface area contributed by atoms with Crippen LogP contribution >= 0.6 is 11.3 Å². The maximum Gasteiger partial charge on any atom is 0.162 e. The summed E-state index contributed by atoms with van der Waals surface area (Å²) < 4.78 is 18.3. The summed E-state index contributed by atoms with van der Waals surface area (Å²) in [6, 6.07) is 6.22. The second-order valence-corrected chi connectivity index (χ2v) is 8.91. The van der Waals surface area contributed by atoms with Crippen LogP contribution in [-0.4, -0.2) is 64.9 Å². The molecule has 0 unspecified atom stereocenters.